The molecule has 1 fully saturated rings. The van der Waals surface area contributed by atoms with E-state index in [0.717, 1.165) is 25.7 Å². The Morgan fingerprint density at radius 2 is 2.25 bits per heavy atom. The molecule has 1 aromatic rings. The van der Waals surface area contributed by atoms with Crippen molar-refractivity contribution in [3.63, 3.8) is 0 Å². The lowest BCUT2D eigenvalue weighted by atomic mass is 9.86. The first-order chi connectivity index (χ1) is 9.70. The minimum Gasteiger partial charge on any atom is -0.321 e. The van der Waals surface area contributed by atoms with Crippen molar-refractivity contribution in [1.29, 1.82) is 15.8 Å². The van der Waals surface area contributed by atoms with Crippen LogP contribution in [0.4, 0.5) is 0 Å². The summed E-state index contributed by atoms with van der Waals surface area (Å²) < 4.78 is 1.70. The number of hydrogen-bond acceptors (Lipinski definition) is 5. The van der Waals surface area contributed by atoms with Crippen LogP contribution < -0.4 is 5.32 Å². The maximum atomic E-state index is 9.40. The van der Waals surface area contributed by atoms with E-state index in [-0.39, 0.29) is 11.6 Å². The van der Waals surface area contributed by atoms with Crippen LogP contribution in [0.2, 0.25) is 0 Å². The summed E-state index contributed by atoms with van der Waals surface area (Å²) in [4.78, 5) is 3.93. The van der Waals surface area contributed by atoms with Gasteiger partial charge in [-0.15, -0.1) is 0 Å². The Kier molecular flexibility index (Phi) is 4.03. The van der Waals surface area contributed by atoms with Gasteiger partial charge in [-0.2, -0.15) is 15.8 Å². The van der Waals surface area contributed by atoms with Gasteiger partial charge in [0.1, 0.15) is 17.7 Å². The third kappa shape index (κ3) is 2.25. The van der Waals surface area contributed by atoms with Crippen molar-refractivity contribution in [1.82, 2.24) is 14.9 Å². The predicted octanol–water partition coefficient (Wildman–Crippen LogP) is 1.30. The lowest BCUT2D eigenvalue weighted by Gasteiger charge is -2.28. The molecule has 1 saturated carbocycles. The third-order valence-corrected chi connectivity index (χ3v) is 4.23. The molecule has 2 atom stereocenters. The Labute approximate surface area is 118 Å². The predicted molar refractivity (Wildman–Crippen MR) is 71.0 cm³/mol. The van der Waals surface area contributed by atoms with Gasteiger partial charge >= 0.3 is 0 Å². The zero-order valence-electron chi connectivity index (χ0n) is 11.4. The first-order valence-corrected chi connectivity index (χ1v) is 6.66. The van der Waals surface area contributed by atoms with Crippen LogP contribution in [0.15, 0.2) is 6.33 Å². The van der Waals surface area contributed by atoms with Gasteiger partial charge in [-0.05, 0) is 32.2 Å². The quantitative estimate of drug-likeness (QED) is 0.886. The summed E-state index contributed by atoms with van der Waals surface area (Å²) in [5.41, 5.74) is 0.0161. The van der Waals surface area contributed by atoms with Crippen LogP contribution in [0, 0.1) is 39.9 Å². The highest BCUT2D eigenvalue weighted by Crippen LogP contribution is 2.37. The molecule has 1 heterocycles. The topological polar surface area (TPSA) is 101 Å². The van der Waals surface area contributed by atoms with Crippen molar-refractivity contribution in [3.8, 4) is 18.2 Å². The first-order valence-electron chi connectivity index (χ1n) is 6.66. The molecule has 2 unspecified atom stereocenters. The number of nitriles is 3. The zero-order valence-corrected chi connectivity index (χ0v) is 11.4. The molecule has 20 heavy (non-hydrogen) atoms. The van der Waals surface area contributed by atoms with Crippen LogP contribution >= 0.6 is 0 Å². The van der Waals surface area contributed by atoms with Gasteiger partial charge in [0.05, 0.1) is 12.4 Å². The molecule has 0 bridgehead atoms. The van der Waals surface area contributed by atoms with Gasteiger partial charge in [0, 0.05) is 6.54 Å². The Bertz CT molecular complexity index is 611. The summed E-state index contributed by atoms with van der Waals surface area (Å²) >= 11 is 0. The third-order valence-electron chi connectivity index (χ3n) is 4.23. The molecule has 0 amide bonds. The molecule has 102 valence electrons. The smallest absolute Gasteiger partial charge is 0.176 e. The van der Waals surface area contributed by atoms with Crippen molar-refractivity contribution in [2.24, 2.45) is 5.92 Å². The van der Waals surface area contributed by atoms with Gasteiger partial charge in [0.25, 0.3) is 0 Å². The van der Waals surface area contributed by atoms with E-state index in [4.69, 9.17) is 10.5 Å². The highest BCUT2D eigenvalue weighted by molar-refractivity contribution is 5.36. The molecule has 0 radical (unpaired) electrons. The molecule has 0 aromatic carbocycles. The van der Waals surface area contributed by atoms with Gasteiger partial charge in [-0.25, -0.2) is 4.98 Å². The van der Waals surface area contributed by atoms with Crippen LogP contribution in [0.1, 0.15) is 37.1 Å². The Balaban J connectivity index is 2.11. The van der Waals surface area contributed by atoms with E-state index in [2.05, 4.69) is 16.4 Å². The number of aromatic nitrogens is 2. The second-order valence-electron chi connectivity index (χ2n) is 5.07. The maximum absolute atomic E-state index is 9.40. The Morgan fingerprint density at radius 3 is 2.85 bits per heavy atom. The molecule has 2 rings (SSSR count). The number of rotatable bonds is 4. The molecule has 6 heteroatoms. The average molecular weight is 268 g/mol. The SMILES string of the molecule is CNC1(C#N)CCCC1CCn1cnc(C#N)c1C#N. The molecule has 1 aromatic heterocycles. The van der Waals surface area contributed by atoms with Gasteiger partial charge < -0.3 is 9.88 Å². The van der Waals surface area contributed by atoms with Crippen LogP contribution in [0.3, 0.4) is 0 Å². The molecule has 1 aliphatic rings. The van der Waals surface area contributed by atoms with E-state index in [1.54, 1.807) is 4.57 Å². The molecule has 1 N–H and O–H groups in total. The Morgan fingerprint density at radius 1 is 1.45 bits per heavy atom. The first kappa shape index (κ1) is 14.1. The molecule has 1 aliphatic carbocycles. The lowest BCUT2D eigenvalue weighted by molar-refractivity contribution is 0.307. The van der Waals surface area contributed by atoms with E-state index >= 15 is 0 Å². The minimum atomic E-state index is -0.453. The van der Waals surface area contributed by atoms with E-state index in [0.29, 0.717) is 12.2 Å². The maximum Gasteiger partial charge on any atom is 0.176 e. The zero-order chi connectivity index (χ0) is 14.6. The molecule has 6 nitrogen and oxygen atoms in total. The van der Waals surface area contributed by atoms with E-state index < -0.39 is 5.54 Å². The molecule has 0 saturated heterocycles. The van der Waals surface area contributed by atoms with Crippen LogP contribution in [-0.2, 0) is 6.54 Å². The minimum absolute atomic E-state index is 0.166. The number of nitrogens with one attached hydrogen (secondary N) is 1. The monoisotopic (exact) mass is 268 g/mol. The van der Waals surface area contributed by atoms with E-state index in [9.17, 15) is 5.26 Å². The summed E-state index contributed by atoms with van der Waals surface area (Å²) in [7, 11) is 1.83. The van der Waals surface area contributed by atoms with Gasteiger partial charge in [-0.3, -0.25) is 0 Å². The number of hydrogen-bond donors (Lipinski definition) is 1. The molecular weight excluding hydrogens is 252 g/mol. The second kappa shape index (κ2) is 5.74. The summed E-state index contributed by atoms with van der Waals surface area (Å²) in [6.07, 6.45) is 5.24. The fourth-order valence-corrected chi connectivity index (χ4v) is 3.05. The number of imidazole rings is 1. The fraction of sp³-hybridized carbons (Fsp3) is 0.571. The summed E-state index contributed by atoms with van der Waals surface area (Å²) in [6.45, 7) is 0.605. The summed E-state index contributed by atoms with van der Waals surface area (Å²) in [5.74, 6) is 0.261. The van der Waals surface area contributed by atoms with Gasteiger partial charge in [0.2, 0.25) is 0 Å². The van der Waals surface area contributed by atoms with Crippen LogP contribution in [0.5, 0.6) is 0 Å². The molecular formula is C14H16N6. The lowest BCUT2D eigenvalue weighted by Crippen LogP contribution is -2.45. The normalized spacial score (nSPS) is 24.8. The standard InChI is InChI=1S/C14H16N6/c1-18-14(9-17)5-2-3-11(14)4-6-20-10-19-12(7-15)13(20)8-16/h10-11,18H,2-6H2,1H3. The summed E-state index contributed by atoms with van der Waals surface area (Å²) in [5, 5.41) is 30.5. The second-order valence-corrected chi connectivity index (χ2v) is 5.07. The highest BCUT2D eigenvalue weighted by atomic mass is 15.1. The van der Waals surface area contributed by atoms with Gasteiger partial charge in [0.15, 0.2) is 11.4 Å². The van der Waals surface area contributed by atoms with E-state index in [1.165, 1.54) is 6.33 Å². The van der Waals surface area contributed by atoms with Crippen LogP contribution in [-0.4, -0.2) is 22.1 Å². The van der Waals surface area contributed by atoms with Crippen molar-refractivity contribution in [2.45, 2.75) is 37.8 Å². The average Bonchev–Trinajstić information content (AvgIpc) is 3.08. The summed E-state index contributed by atoms with van der Waals surface area (Å²) in [6, 6.07) is 6.34. The van der Waals surface area contributed by atoms with Crippen LogP contribution in [0.25, 0.3) is 0 Å². The fourth-order valence-electron chi connectivity index (χ4n) is 3.05. The number of aryl methyl sites for hydroxylation is 1. The van der Waals surface area contributed by atoms with Crippen molar-refractivity contribution < 1.29 is 0 Å². The Hall–Kier alpha value is -2.36. The molecule has 0 aliphatic heterocycles. The van der Waals surface area contributed by atoms with Crippen molar-refractivity contribution >= 4 is 0 Å². The molecule has 0 spiro atoms. The van der Waals surface area contributed by atoms with Crippen molar-refractivity contribution in [2.75, 3.05) is 7.05 Å². The largest absolute Gasteiger partial charge is 0.321 e. The van der Waals surface area contributed by atoms with Crippen molar-refractivity contribution in [3.05, 3.63) is 17.7 Å². The van der Waals surface area contributed by atoms with Gasteiger partial charge in [-0.1, -0.05) is 6.42 Å². The highest BCUT2D eigenvalue weighted by Gasteiger charge is 2.41. The van der Waals surface area contributed by atoms with E-state index in [1.807, 2.05) is 19.2 Å². The number of nitrogens with zero attached hydrogens (tertiary/aromatic N) is 5.